The second-order valence-corrected chi connectivity index (χ2v) is 6.32. The smallest absolute Gasteiger partial charge is 0.213 e. The Hall–Kier alpha value is -1.13. The molecule has 2 rings (SSSR count). The zero-order valence-corrected chi connectivity index (χ0v) is 13.7. The van der Waals surface area contributed by atoms with Gasteiger partial charge < -0.3 is 14.8 Å². The second-order valence-electron chi connectivity index (χ2n) is 6.32. The summed E-state index contributed by atoms with van der Waals surface area (Å²) in [7, 11) is 0. The van der Waals surface area contributed by atoms with Gasteiger partial charge in [-0.15, -0.1) is 0 Å². The fourth-order valence-corrected chi connectivity index (χ4v) is 2.03. The van der Waals surface area contributed by atoms with E-state index in [1.54, 1.807) is 0 Å². The van der Waals surface area contributed by atoms with E-state index in [4.69, 9.17) is 9.47 Å². The lowest BCUT2D eigenvalue weighted by Crippen LogP contribution is -2.16. The van der Waals surface area contributed by atoms with Gasteiger partial charge in [0.05, 0.1) is 12.7 Å². The highest BCUT2D eigenvalue weighted by atomic mass is 16.5. The first kappa shape index (κ1) is 16.2. The summed E-state index contributed by atoms with van der Waals surface area (Å²) in [6.45, 7) is 10.4. The Morgan fingerprint density at radius 1 is 1.19 bits per heavy atom. The maximum absolute atomic E-state index is 5.75. The molecule has 118 valence electrons. The molecule has 0 unspecified atom stereocenters. The molecule has 1 fully saturated rings. The van der Waals surface area contributed by atoms with Crippen LogP contribution < -0.4 is 10.1 Å². The van der Waals surface area contributed by atoms with Gasteiger partial charge in [0.2, 0.25) is 5.88 Å². The van der Waals surface area contributed by atoms with E-state index in [0.29, 0.717) is 31.1 Å². The average molecular weight is 292 g/mol. The first-order valence-corrected chi connectivity index (χ1v) is 8.03. The van der Waals surface area contributed by atoms with Gasteiger partial charge in [-0.1, -0.05) is 13.8 Å². The zero-order chi connectivity index (χ0) is 15.2. The average Bonchev–Trinajstić information content (AvgIpc) is 3.25. The monoisotopic (exact) mass is 292 g/mol. The third-order valence-electron chi connectivity index (χ3n) is 3.43. The summed E-state index contributed by atoms with van der Waals surface area (Å²) in [6.07, 6.45) is 2.85. The topological polar surface area (TPSA) is 43.4 Å². The highest BCUT2D eigenvalue weighted by Crippen LogP contribution is 2.22. The van der Waals surface area contributed by atoms with Crippen molar-refractivity contribution in [2.75, 3.05) is 13.2 Å². The minimum atomic E-state index is 0.238. The lowest BCUT2D eigenvalue weighted by molar-refractivity contribution is 0.0542. The molecular formula is C17H28N2O2. The summed E-state index contributed by atoms with van der Waals surface area (Å²) in [5.41, 5.74) is 2.34. The van der Waals surface area contributed by atoms with E-state index in [1.165, 1.54) is 18.4 Å². The van der Waals surface area contributed by atoms with Crippen molar-refractivity contribution in [2.24, 2.45) is 0 Å². The van der Waals surface area contributed by atoms with Crippen LogP contribution in [0.25, 0.3) is 0 Å². The van der Waals surface area contributed by atoms with Gasteiger partial charge in [-0.2, -0.15) is 0 Å². The molecule has 0 spiro atoms. The Balaban J connectivity index is 1.93. The van der Waals surface area contributed by atoms with Crippen LogP contribution in [-0.2, 0) is 11.3 Å². The predicted molar refractivity (Wildman–Crippen MR) is 84.8 cm³/mol. The summed E-state index contributed by atoms with van der Waals surface area (Å²) in [5.74, 6) is 1.11. The van der Waals surface area contributed by atoms with Crippen LogP contribution in [0.5, 0.6) is 5.88 Å². The largest absolute Gasteiger partial charge is 0.475 e. The van der Waals surface area contributed by atoms with Crippen molar-refractivity contribution >= 4 is 0 Å². The number of rotatable bonds is 9. The van der Waals surface area contributed by atoms with Crippen molar-refractivity contribution in [1.29, 1.82) is 0 Å². The van der Waals surface area contributed by atoms with Gasteiger partial charge in [0.1, 0.15) is 6.61 Å². The molecule has 4 heteroatoms. The third kappa shape index (κ3) is 6.02. The van der Waals surface area contributed by atoms with E-state index in [2.05, 4.69) is 30.2 Å². The quantitative estimate of drug-likeness (QED) is 0.709. The number of hydrogen-bond donors (Lipinski definition) is 1. The summed E-state index contributed by atoms with van der Waals surface area (Å²) in [4.78, 5) is 4.59. The molecule has 4 nitrogen and oxygen atoms in total. The van der Waals surface area contributed by atoms with E-state index in [-0.39, 0.29) is 6.10 Å². The number of aromatic nitrogens is 1. The minimum absolute atomic E-state index is 0.238. The van der Waals surface area contributed by atoms with E-state index in [0.717, 1.165) is 12.2 Å². The highest BCUT2D eigenvalue weighted by Gasteiger charge is 2.20. The van der Waals surface area contributed by atoms with Crippen LogP contribution >= 0.6 is 0 Å². The molecule has 0 atom stereocenters. The molecule has 0 amide bonds. The van der Waals surface area contributed by atoms with E-state index >= 15 is 0 Å². The van der Waals surface area contributed by atoms with Crippen molar-refractivity contribution in [3.63, 3.8) is 0 Å². The van der Waals surface area contributed by atoms with Crippen molar-refractivity contribution in [3.8, 4) is 5.88 Å². The van der Waals surface area contributed by atoms with E-state index in [9.17, 15) is 0 Å². The summed E-state index contributed by atoms with van der Waals surface area (Å²) in [6, 6.07) is 4.93. The van der Waals surface area contributed by atoms with Gasteiger partial charge in [0.15, 0.2) is 0 Å². The SMILES string of the molecule is CC(C)OCCOc1cc(CNC2CC2)cc(C(C)C)n1. The summed E-state index contributed by atoms with van der Waals surface area (Å²) >= 11 is 0. The van der Waals surface area contributed by atoms with Crippen molar-refractivity contribution in [1.82, 2.24) is 10.3 Å². The van der Waals surface area contributed by atoms with Crippen LogP contribution in [0.4, 0.5) is 0 Å². The van der Waals surface area contributed by atoms with Crippen molar-refractivity contribution in [2.45, 2.75) is 65.1 Å². The van der Waals surface area contributed by atoms with E-state index < -0.39 is 0 Å². The molecule has 1 aliphatic rings. The molecule has 1 aliphatic carbocycles. The van der Waals surface area contributed by atoms with Crippen molar-refractivity contribution < 1.29 is 9.47 Å². The van der Waals surface area contributed by atoms with Gasteiger partial charge in [-0.05, 0) is 44.2 Å². The minimum Gasteiger partial charge on any atom is -0.475 e. The fourth-order valence-electron chi connectivity index (χ4n) is 2.03. The van der Waals surface area contributed by atoms with Gasteiger partial charge in [0, 0.05) is 24.3 Å². The predicted octanol–water partition coefficient (Wildman–Crippen LogP) is 3.26. The number of hydrogen-bond acceptors (Lipinski definition) is 4. The first-order chi connectivity index (χ1) is 10.0. The fraction of sp³-hybridized carbons (Fsp3) is 0.706. The van der Waals surface area contributed by atoms with Crippen LogP contribution in [0.15, 0.2) is 12.1 Å². The molecule has 0 aromatic carbocycles. The maximum atomic E-state index is 5.75. The van der Waals surface area contributed by atoms with Crippen molar-refractivity contribution in [3.05, 3.63) is 23.4 Å². The number of nitrogens with one attached hydrogen (secondary N) is 1. The van der Waals surface area contributed by atoms with Gasteiger partial charge in [0.25, 0.3) is 0 Å². The third-order valence-corrected chi connectivity index (χ3v) is 3.43. The Labute approximate surface area is 128 Å². The van der Waals surface area contributed by atoms with Crippen LogP contribution in [0.3, 0.4) is 0 Å². The number of pyridine rings is 1. The molecule has 0 bridgehead atoms. The second kappa shape index (κ2) is 7.76. The molecule has 1 saturated carbocycles. The van der Waals surface area contributed by atoms with E-state index in [1.807, 2.05) is 19.9 Å². The van der Waals surface area contributed by atoms with Crippen LogP contribution in [0, 0.1) is 0 Å². The standard InChI is InChI=1S/C17H28N2O2/c1-12(2)16-9-14(11-18-15-5-6-15)10-17(19-16)21-8-7-20-13(3)4/h9-10,12-13,15,18H,5-8,11H2,1-4H3. The lowest BCUT2D eigenvalue weighted by atomic mass is 10.1. The molecule has 0 radical (unpaired) electrons. The lowest BCUT2D eigenvalue weighted by Gasteiger charge is -2.13. The normalized spacial score (nSPS) is 15.0. The summed E-state index contributed by atoms with van der Waals surface area (Å²) < 4.78 is 11.2. The molecule has 21 heavy (non-hydrogen) atoms. The summed E-state index contributed by atoms with van der Waals surface area (Å²) in [5, 5.41) is 3.54. The van der Waals surface area contributed by atoms with Crippen LogP contribution in [0.1, 0.15) is 57.7 Å². The molecule has 0 aliphatic heterocycles. The highest BCUT2D eigenvalue weighted by molar-refractivity contribution is 5.27. The Morgan fingerprint density at radius 2 is 1.95 bits per heavy atom. The number of nitrogens with zero attached hydrogens (tertiary/aromatic N) is 1. The van der Waals surface area contributed by atoms with Gasteiger partial charge >= 0.3 is 0 Å². The Bertz CT molecular complexity index is 442. The number of ether oxygens (including phenoxy) is 2. The first-order valence-electron chi connectivity index (χ1n) is 8.03. The van der Waals surface area contributed by atoms with Gasteiger partial charge in [-0.25, -0.2) is 4.98 Å². The van der Waals surface area contributed by atoms with Crippen LogP contribution in [-0.4, -0.2) is 30.3 Å². The molecule has 1 aromatic rings. The van der Waals surface area contributed by atoms with Gasteiger partial charge in [-0.3, -0.25) is 0 Å². The molecule has 1 aromatic heterocycles. The molecular weight excluding hydrogens is 264 g/mol. The molecule has 1 N–H and O–H groups in total. The van der Waals surface area contributed by atoms with Crippen LogP contribution in [0.2, 0.25) is 0 Å². The Kier molecular flexibility index (Phi) is 6.00. The Morgan fingerprint density at radius 3 is 2.57 bits per heavy atom. The zero-order valence-electron chi connectivity index (χ0n) is 13.7. The molecule has 1 heterocycles. The maximum Gasteiger partial charge on any atom is 0.213 e. The molecule has 0 saturated heterocycles.